The van der Waals surface area contributed by atoms with E-state index in [1.165, 1.54) is 6.42 Å². The second-order valence-electron chi connectivity index (χ2n) is 8.66. The van der Waals surface area contributed by atoms with Crippen molar-refractivity contribution in [1.82, 2.24) is 15.1 Å². The Morgan fingerprint density at radius 2 is 1.94 bits per heavy atom. The van der Waals surface area contributed by atoms with Crippen molar-refractivity contribution in [3.63, 3.8) is 0 Å². The van der Waals surface area contributed by atoms with E-state index in [0.29, 0.717) is 16.8 Å². The van der Waals surface area contributed by atoms with Gasteiger partial charge in [-0.25, -0.2) is 0 Å². The van der Waals surface area contributed by atoms with Gasteiger partial charge in [0.25, 0.3) is 5.91 Å². The lowest BCUT2D eigenvalue weighted by atomic mass is 9.93. The minimum Gasteiger partial charge on any atom is -0.379 e. The number of carbonyl (C=O) groups excluding carboxylic acids is 2. The fourth-order valence-electron chi connectivity index (χ4n) is 4.64. The maximum atomic E-state index is 13.3. The van der Waals surface area contributed by atoms with Crippen LogP contribution in [0.2, 0.25) is 5.02 Å². The summed E-state index contributed by atoms with van der Waals surface area (Å²) in [5.74, 6) is -0.0982. The molecule has 2 heterocycles. The minimum absolute atomic E-state index is 0.0310. The van der Waals surface area contributed by atoms with E-state index in [4.69, 9.17) is 16.3 Å². The molecular formula is C24H32ClN3O3S. The lowest BCUT2D eigenvalue weighted by molar-refractivity contribution is -0.135. The largest absolute Gasteiger partial charge is 0.379 e. The van der Waals surface area contributed by atoms with E-state index in [2.05, 4.69) is 10.2 Å². The van der Waals surface area contributed by atoms with Gasteiger partial charge in [0.05, 0.1) is 18.1 Å². The Balaban J connectivity index is 1.35. The molecule has 2 aliphatic heterocycles. The number of amides is 2. The second kappa shape index (κ2) is 11.5. The smallest absolute Gasteiger partial charge is 0.261 e. The molecule has 174 valence electrons. The number of halogens is 1. The van der Waals surface area contributed by atoms with E-state index in [-0.39, 0.29) is 24.4 Å². The highest BCUT2D eigenvalue weighted by molar-refractivity contribution is 8.04. The zero-order valence-corrected chi connectivity index (χ0v) is 20.0. The van der Waals surface area contributed by atoms with Crippen molar-refractivity contribution in [3.05, 3.63) is 39.8 Å². The van der Waals surface area contributed by atoms with Gasteiger partial charge in [-0.2, -0.15) is 0 Å². The van der Waals surface area contributed by atoms with Crippen LogP contribution in [0.5, 0.6) is 0 Å². The van der Waals surface area contributed by atoms with E-state index in [1.54, 1.807) is 11.8 Å². The van der Waals surface area contributed by atoms with E-state index in [9.17, 15) is 9.59 Å². The van der Waals surface area contributed by atoms with Crippen molar-refractivity contribution >= 4 is 41.3 Å². The van der Waals surface area contributed by atoms with Crippen LogP contribution in [0.4, 0.5) is 0 Å². The number of hydrogen-bond acceptors (Lipinski definition) is 5. The quantitative estimate of drug-likeness (QED) is 0.481. The molecule has 0 radical (unpaired) electrons. The molecule has 1 saturated carbocycles. The van der Waals surface area contributed by atoms with Gasteiger partial charge in [-0.15, -0.1) is 11.8 Å². The van der Waals surface area contributed by atoms with Gasteiger partial charge in [0.1, 0.15) is 6.54 Å². The molecule has 1 aromatic carbocycles. The maximum Gasteiger partial charge on any atom is 0.261 e. The average Bonchev–Trinajstić information content (AvgIpc) is 2.81. The van der Waals surface area contributed by atoms with Gasteiger partial charge in [-0.1, -0.05) is 36.6 Å². The van der Waals surface area contributed by atoms with Crippen LogP contribution in [0.1, 0.15) is 37.7 Å². The highest BCUT2D eigenvalue weighted by atomic mass is 35.5. The molecule has 2 unspecified atom stereocenters. The summed E-state index contributed by atoms with van der Waals surface area (Å²) in [6.45, 7) is 5.22. The number of morpholine rings is 1. The number of nitrogens with one attached hydrogen (secondary N) is 1. The molecule has 1 aliphatic carbocycles. The zero-order chi connectivity index (χ0) is 22.3. The monoisotopic (exact) mass is 477 g/mol. The first kappa shape index (κ1) is 23.6. The Kier molecular flexibility index (Phi) is 8.52. The number of ether oxygens (including phenoxy) is 1. The highest BCUT2D eigenvalue weighted by Crippen LogP contribution is 2.42. The third kappa shape index (κ3) is 6.28. The summed E-state index contributed by atoms with van der Waals surface area (Å²) in [6.07, 6.45) is 7.19. The van der Waals surface area contributed by atoms with Crippen LogP contribution >= 0.6 is 23.4 Å². The average molecular weight is 478 g/mol. The summed E-state index contributed by atoms with van der Waals surface area (Å²) in [5, 5.41) is 4.06. The SMILES string of the molecule is O=C(CN1C(=O)/C(=C\c2ccc(Cl)cc2)SC2CCCCC21)NCCCN1CCOCC1. The van der Waals surface area contributed by atoms with E-state index in [1.807, 2.05) is 35.2 Å². The summed E-state index contributed by atoms with van der Waals surface area (Å²) < 4.78 is 5.37. The molecule has 8 heteroatoms. The van der Waals surface area contributed by atoms with Gasteiger partial charge in [-0.3, -0.25) is 14.5 Å². The van der Waals surface area contributed by atoms with Crippen LogP contribution in [-0.4, -0.2) is 78.8 Å². The molecule has 1 N–H and O–H groups in total. The summed E-state index contributed by atoms with van der Waals surface area (Å²) in [4.78, 5) is 30.9. The highest BCUT2D eigenvalue weighted by Gasteiger charge is 2.41. The van der Waals surface area contributed by atoms with E-state index in [0.717, 1.165) is 69.0 Å². The number of fused-ring (bicyclic) bond motifs is 1. The van der Waals surface area contributed by atoms with Crippen LogP contribution < -0.4 is 5.32 Å². The Labute approximate surface area is 199 Å². The number of thioether (sulfide) groups is 1. The van der Waals surface area contributed by atoms with Gasteiger partial charge in [0.2, 0.25) is 5.91 Å². The fourth-order valence-corrected chi connectivity index (χ4v) is 6.24. The third-order valence-corrected chi connectivity index (χ3v) is 8.03. The predicted molar refractivity (Wildman–Crippen MR) is 130 cm³/mol. The van der Waals surface area contributed by atoms with Gasteiger partial charge < -0.3 is 15.0 Å². The van der Waals surface area contributed by atoms with Crippen molar-refractivity contribution in [1.29, 1.82) is 0 Å². The van der Waals surface area contributed by atoms with Crippen molar-refractivity contribution in [3.8, 4) is 0 Å². The lowest BCUT2D eigenvalue weighted by Crippen LogP contribution is -2.54. The first-order valence-corrected chi connectivity index (χ1v) is 12.9. The molecule has 4 rings (SSSR count). The number of nitrogens with zero attached hydrogens (tertiary/aromatic N) is 2. The van der Waals surface area contributed by atoms with Gasteiger partial charge in [0, 0.05) is 35.9 Å². The molecular weight excluding hydrogens is 446 g/mol. The summed E-state index contributed by atoms with van der Waals surface area (Å²) in [5.41, 5.74) is 0.951. The third-order valence-electron chi connectivity index (χ3n) is 6.38. The summed E-state index contributed by atoms with van der Waals surface area (Å²) in [6, 6.07) is 7.64. The molecule has 0 spiro atoms. The topological polar surface area (TPSA) is 61.9 Å². The van der Waals surface area contributed by atoms with E-state index >= 15 is 0 Å². The van der Waals surface area contributed by atoms with Gasteiger partial charge in [0.15, 0.2) is 0 Å². The molecule has 2 atom stereocenters. The molecule has 32 heavy (non-hydrogen) atoms. The Morgan fingerprint density at radius 1 is 1.19 bits per heavy atom. The van der Waals surface area contributed by atoms with Crippen LogP contribution in [-0.2, 0) is 14.3 Å². The number of carbonyl (C=O) groups is 2. The van der Waals surface area contributed by atoms with Crippen molar-refractivity contribution in [2.45, 2.75) is 43.4 Å². The number of rotatable bonds is 7. The first-order chi connectivity index (χ1) is 15.6. The molecule has 3 aliphatic rings. The molecule has 0 aromatic heterocycles. The van der Waals surface area contributed by atoms with Gasteiger partial charge >= 0.3 is 0 Å². The minimum atomic E-state index is -0.0672. The summed E-state index contributed by atoms with van der Waals surface area (Å²) >= 11 is 7.68. The predicted octanol–water partition coefficient (Wildman–Crippen LogP) is 3.41. The Morgan fingerprint density at radius 3 is 2.72 bits per heavy atom. The Hall–Kier alpha value is -1.54. The van der Waals surface area contributed by atoms with Crippen LogP contribution in [0.15, 0.2) is 29.2 Å². The van der Waals surface area contributed by atoms with E-state index < -0.39 is 0 Å². The molecule has 3 fully saturated rings. The molecule has 0 bridgehead atoms. The summed E-state index contributed by atoms with van der Waals surface area (Å²) in [7, 11) is 0. The van der Waals surface area contributed by atoms with Crippen molar-refractivity contribution in [2.75, 3.05) is 45.9 Å². The second-order valence-corrected chi connectivity index (χ2v) is 10.4. The first-order valence-electron chi connectivity index (χ1n) is 11.6. The van der Waals surface area contributed by atoms with Crippen LogP contribution in [0, 0.1) is 0 Å². The standard InChI is InChI=1S/C24H32ClN3O3S/c25-19-8-6-18(7-9-19)16-22-24(30)28(20-4-1-2-5-21(20)32-22)17-23(29)26-10-3-11-27-12-14-31-15-13-27/h6-9,16,20-21H,1-5,10-15,17H2,(H,26,29)/b22-16+. The molecule has 1 aromatic rings. The van der Waals surface area contributed by atoms with Crippen molar-refractivity contribution in [2.24, 2.45) is 0 Å². The maximum absolute atomic E-state index is 13.3. The molecule has 6 nitrogen and oxygen atoms in total. The normalized spacial score (nSPS) is 25.6. The van der Waals surface area contributed by atoms with Crippen LogP contribution in [0.3, 0.4) is 0 Å². The zero-order valence-electron chi connectivity index (χ0n) is 18.4. The van der Waals surface area contributed by atoms with Crippen molar-refractivity contribution < 1.29 is 14.3 Å². The molecule has 2 saturated heterocycles. The number of benzene rings is 1. The Bertz CT molecular complexity index is 826. The van der Waals surface area contributed by atoms with Crippen LogP contribution in [0.25, 0.3) is 6.08 Å². The van der Waals surface area contributed by atoms with Gasteiger partial charge in [-0.05, 0) is 49.6 Å². The fraction of sp³-hybridized carbons (Fsp3) is 0.583. The molecule has 2 amide bonds. The number of hydrogen-bond donors (Lipinski definition) is 1. The lowest BCUT2D eigenvalue weighted by Gasteiger charge is -2.43.